The number of benzene rings is 1. The summed E-state index contributed by atoms with van der Waals surface area (Å²) in [5.74, 6) is -0.251. The van der Waals surface area contributed by atoms with E-state index in [1.165, 1.54) is 6.08 Å². The summed E-state index contributed by atoms with van der Waals surface area (Å²) in [6.45, 7) is 7.78. The van der Waals surface area contributed by atoms with E-state index < -0.39 is 10.0 Å². The molecule has 0 saturated heterocycles. The molecule has 5 nitrogen and oxygen atoms in total. The van der Waals surface area contributed by atoms with Crippen molar-refractivity contribution < 1.29 is 13.2 Å². The van der Waals surface area contributed by atoms with Gasteiger partial charge in [-0.05, 0) is 36.1 Å². The molecule has 0 bridgehead atoms. The molecule has 1 aromatic rings. The average Bonchev–Trinajstić information content (AvgIpc) is 2.28. The highest BCUT2D eigenvalue weighted by molar-refractivity contribution is 7.92. The first kappa shape index (κ1) is 17.2. The van der Waals surface area contributed by atoms with Crippen LogP contribution in [-0.4, -0.2) is 20.6 Å². The van der Waals surface area contributed by atoms with Gasteiger partial charge in [-0.15, -0.1) is 0 Å². The van der Waals surface area contributed by atoms with E-state index in [9.17, 15) is 13.2 Å². The summed E-state index contributed by atoms with van der Waals surface area (Å²) in [7, 11) is -3.35. The third kappa shape index (κ3) is 6.94. The second-order valence-electron chi connectivity index (χ2n) is 6.09. The minimum atomic E-state index is -3.35. The minimum Gasteiger partial charge on any atom is -0.322 e. The molecule has 116 valence electrons. The van der Waals surface area contributed by atoms with Crippen LogP contribution in [0.25, 0.3) is 0 Å². The molecule has 0 aliphatic rings. The molecule has 0 unspecified atom stereocenters. The van der Waals surface area contributed by atoms with Crippen LogP contribution in [-0.2, 0) is 14.8 Å². The van der Waals surface area contributed by atoms with Gasteiger partial charge in [-0.1, -0.05) is 32.9 Å². The molecular formula is C15H22N2O3S. The van der Waals surface area contributed by atoms with Gasteiger partial charge in [-0.2, -0.15) is 0 Å². The first-order valence-electron chi connectivity index (χ1n) is 6.55. The fraction of sp³-hybridized carbons (Fsp3) is 0.400. The Balaban J connectivity index is 2.88. The van der Waals surface area contributed by atoms with Crippen molar-refractivity contribution in [3.63, 3.8) is 0 Å². The summed E-state index contributed by atoms with van der Waals surface area (Å²) in [4.78, 5) is 11.8. The standard InChI is InChI=1S/C15H22N2O3S/c1-11-6-7-12(10-13(11)17-21(5,19)20)16-14(18)8-9-15(2,3)4/h6-10,17H,1-5H3,(H,16,18)/b9-8+. The SMILES string of the molecule is Cc1ccc(NC(=O)/C=C/C(C)(C)C)cc1NS(C)(=O)=O. The van der Waals surface area contributed by atoms with Crippen LogP contribution >= 0.6 is 0 Å². The maximum absolute atomic E-state index is 11.8. The van der Waals surface area contributed by atoms with E-state index in [0.717, 1.165) is 11.8 Å². The molecule has 2 N–H and O–H groups in total. The van der Waals surface area contributed by atoms with Gasteiger partial charge in [0.2, 0.25) is 15.9 Å². The number of aryl methyl sites for hydroxylation is 1. The van der Waals surface area contributed by atoms with Crippen LogP contribution in [0.1, 0.15) is 26.3 Å². The van der Waals surface area contributed by atoms with Crippen LogP contribution in [0.15, 0.2) is 30.4 Å². The molecule has 0 fully saturated rings. The van der Waals surface area contributed by atoms with Gasteiger partial charge < -0.3 is 5.32 Å². The highest BCUT2D eigenvalue weighted by Gasteiger charge is 2.08. The largest absolute Gasteiger partial charge is 0.322 e. The van der Waals surface area contributed by atoms with Crippen LogP contribution in [0.5, 0.6) is 0 Å². The van der Waals surface area contributed by atoms with E-state index in [4.69, 9.17) is 0 Å². The molecule has 0 saturated carbocycles. The first-order chi connectivity index (χ1) is 9.46. The Bertz CT molecular complexity index is 656. The number of hydrogen-bond donors (Lipinski definition) is 2. The fourth-order valence-electron chi connectivity index (χ4n) is 1.52. The normalized spacial score (nSPS) is 12.4. The molecule has 0 aliphatic heterocycles. The molecule has 0 aliphatic carbocycles. The quantitative estimate of drug-likeness (QED) is 0.840. The van der Waals surface area contributed by atoms with Crippen molar-refractivity contribution in [3.8, 4) is 0 Å². The minimum absolute atomic E-state index is 0.0758. The molecule has 21 heavy (non-hydrogen) atoms. The van der Waals surface area contributed by atoms with E-state index in [-0.39, 0.29) is 11.3 Å². The van der Waals surface area contributed by atoms with Crippen molar-refractivity contribution in [2.45, 2.75) is 27.7 Å². The van der Waals surface area contributed by atoms with E-state index in [1.54, 1.807) is 25.1 Å². The van der Waals surface area contributed by atoms with Gasteiger partial charge in [0.15, 0.2) is 0 Å². The number of rotatable bonds is 4. The Morgan fingerprint density at radius 2 is 1.86 bits per heavy atom. The molecule has 0 atom stereocenters. The molecule has 0 aromatic heterocycles. The lowest BCUT2D eigenvalue weighted by Crippen LogP contribution is -2.13. The van der Waals surface area contributed by atoms with Crippen molar-refractivity contribution in [2.24, 2.45) is 5.41 Å². The third-order valence-corrected chi connectivity index (χ3v) is 3.13. The van der Waals surface area contributed by atoms with Crippen LogP contribution in [0.4, 0.5) is 11.4 Å². The van der Waals surface area contributed by atoms with Gasteiger partial charge in [-0.25, -0.2) is 8.42 Å². The van der Waals surface area contributed by atoms with E-state index >= 15 is 0 Å². The Kier molecular flexibility index (Phi) is 5.17. The zero-order valence-electron chi connectivity index (χ0n) is 13.0. The summed E-state index contributed by atoms with van der Waals surface area (Å²) in [5.41, 5.74) is 1.70. The van der Waals surface area contributed by atoms with E-state index in [0.29, 0.717) is 11.4 Å². The van der Waals surface area contributed by atoms with Crippen LogP contribution < -0.4 is 10.0 Å². The molecule has 0 spiro atoms. The highest BCUT2D eigenvalue weighted by Crippen LogP contribution is 2.21. The Morgan fingerprint density at radius 1 is 1.24 bits per heavy atom. The van der Waals surface area contributed by atoms with Crippen molar-refractivity contribution in [2.75, 3.05) is 16.3 Å². The zero-order chi connectivity index (χ0) is 16.3. The van der Waals surface area contributed by atoms with Crippen LogP contribution in [0.2, 0.25) is 0 Å². The Hall–Kier alpha value is -1.82. The number of allylic oxidation sites excluding steroid dienone is 1. The monoisotopic (exact) mass is 310 g/mol. The molecule has 1 aromatic carbocycles. The summed E-state index contributed by atoms with van der Waals surface area (Å²) < 4.78 is 25.0. The predicted octanol–water partition coefficient (Wildman–Crippen LogP) is 2.91. The lowest BCUT2D eigenvalue weighted by atomic mass is 9.96. The summed E-state index contributed by atoms with van der Waals surface area (Å²) >= 11 is 0. The second kappa shape index (κ2) is 6.30. The molecule has 6 heteroatoms. The molecule has 1 amide bonds. The topological polar surface area (TPSA) is 75.3 Å². The third-order valence-electron chi connectivity index (χ3n) is 2.54. The lowest BCUT2D eigenvalue weighted by molar-refractivity contribution is -0.112. The van der Waals surface area contributed by atoms with E-state index in [2.05, 4.69) is 10.0 Å². The van der Waals surface area contributed by atoms with Gasteiger partial charge in [0.05, 0.1) is 11.9 Å². The summed E-state index contributed by atoms with van der Waals surface area (Å²) in [5, 5.41) is 2.71. The number of carbonyl (C=O) groups is 1. The molecular weight excluding hydrogens is 288 g/mol. The highest BCUT2D eigenvalue weighted by atomic mass is 32.2. The van der Waals surface area contributed by atoms with Crippen LogP contribution in [0.3, 0.4) is 0 Å². The van der Waals surface area contributed by atoms with Gasteiger partial charge >= 0.3 is 0 Å². The van der Waals surface area contributed by atoms with Crippen molar-refractivity contribution in [1.82, 2.24) is 0 Å². The molecule has 0 heterocycles. The summed E-state index contributed by atoms with van der Waals surface area (Å²) in [6.07, 6.45) is 4.37. The van der Waals surface area contributed by atoms with Crippen molar-refractivity contribution in [1.29, 1.82) is 0 Å². The predicted molar refractivity (Wildman–Crippen MR) is 86.9 cm³/mol. The first-order valence-corrected chi connectivity index (χ1v) is 8.44. The number of nitrogens with one attached hydrogen (secondary N) is 2. The zero-order valence-corrected chi connectivity index (χ0v) is 13.8. The lowest BCUT2D eigenvalue weighted by Gasteiger charge is -2.12. The average molecular weight is 310 g/mol. The van der Waals surface area contributed by atoms with Crippen molar-refractivity contribution >= 4 is 27.3 Å². The maximum Gasteiger partial charge on any atom is 0.248 e. The van der Waals surface area contributed by atoms with E-state index in [1.807, 2.05) is 26.8 Å². The Morgan fingerprint density at radius 3 is 2.38 bits per heavy atom. The number of anilines is 2. The van der Waals surface area contributed by atoms with Gasteiger partial charge in [0, 0.05) is 5.69 Å². The summed E-state index contributed by atoms with van der Waals surface area (Å²) in [6, 6.07) is 5.07. The van der Waals surface area contributed by atoms with Crippen LogP contribution in [0, 0.1) is 12.3 Å². The maximum atomic E-state index is 11.8. The van der Waals surface area contributed by atoms with Gasteiger partial charge in [0.25, 0.3) is 0 Å². The number of carbonyl (C=O) groups excluding carboxylic acids is 1. The number of hydrogen-bond acceptors (Lipinski definition) is 3. The van der Waals surface area contributed by atoms with Crippen molar-refractivity contribution in [3.05, 3.63) is 35.9 Å². The fourth-order valence-corrected chi connectivity index (χ4v) is 2.14. The second-order valence-corrected chi connectivity index (χ2v) is 7.84. The number of sulfonamides is 1. The molecule has 0 radical (unpaired) electrons. The van der Waals surface area contributed by atoms with Gasteiger partial charge in [0.1, 0.15) is 0 Å². The smallest absolute Gasteiger partial charge is 0.248 e. The Labute approximate surface area is 126 Å². The van der Waals surface area contributed by atoms with Gasteiger partial charge in [-0.3, -0.25) is 9.52 Å². The number of amides is 1. The molecule has 1 rings (SSSR count).